The first-order valence-electron chi connectivity index (χ1n) is 7.33. The average molecular weight is 267 g/mol. The van der Waals surface area contributed by atoms with E-state index in [4.69, 9.17) is 9.47 Å². The highest BCUT2D eigenvalue weighted by Gasteiger charge is 2.46. The quantitative estimate of drug-likeness (QED) is 0.777. The van der Waals surface area contributed by atoms with Gasteiger partial charge in [-0.05, 0) is 18.8 Å². The molecule has 4 heteroatoms. The number of hydrogen-bond donors (Lipinski definition) is 1. The Labute approximate surface area is 115 Å². The lowest BCUT2D eigenvalue weighted by atomic mass is 9.81. The minimum atomic E-state index is -0.473. The molecule has 1 saturated carbocycles. The van der Waals surface area contributed by atoms with Crippen molar-refractivity contribution in [2.24, 2.45) is 11.8 Å². The van der Waals surface area contributed by atoms with Gasteiger partial charge in [0, 0.05) is 25.3 Å². The van der Waals surface area contributed by atoms with Crippen LogP contribution in [0.4, 0.5) is 0 Å². The summed E-state index contributed by atoms with van der Waals surface area (Å²) in [5, 5.41) is 2.97. The first-order chi connectivity index (χ1) is 9.16. The highest BCUT2D eigenvalue weighted by atomic mass is 16.7. The molecule has 19 heavy (non-hydrogen) atoms. The molecule has 1 amide bonds. The number of ether oxygens (including phenoxy) is 2. The molecule has 2 unspecified atom stereocenters. The fourth-order valence-electron chi connectivity index (χ4n) is 2.95. The average Bonchev–Trinajstić information content (AvgIpc) is 2.88. The van der Waals surface area contributed by atoms with Crippen LogP contribution in [-0.4, -0.2) is 31.5 Å². The molecule has 1 heterocycles. The largest absolute Gasteiger partial charge is 0.356 e. The van der Waals surface area contributed by atoms with Crippen LogP contribution in [0.5, 0.6) is 0 Å². The molecule has 1 aliphatic carbocycles. The molecule has 0 radical (unpaired) electrons. The number of rotatable bonds is 5. The molecule has 0 bridgehead atoms. The van der Waals surface area contributed by atoms with Crippen LogP contribution in [0.1, 0.15) is 39.0 Å². The molecule has 0 aromatic heterocycles. The normalized spacial score (nSPS) is 27.1. The third kappa shape index (κ3) is 3.57. The summed E-state index contributed by atoms with van der Waals surface area (Å²) in [4.78, 5) is 12.0. The van der Waals surface area contributed by atoms with Gasteiger partial charge in [0.15, 0.2) is 5.79 Å². The van der Waals surface area contributed by atoms with Gasteiger partial charge >= 0.3 is 0 Å². The summed E-state index contributed by atoms with van der Waals surface area (Å²) in [7, 11) is 0. The van der Waals surface area contributed by atoms with Gasteiger partial charge in [-0.2, -0.15) is 0 Å². The van der Waals surface area contributed by atoms with Crippen LogP contribution in [0.25, 0.3) is 0 Å². The second kappa shape index (κ2) is 6.53. The fraction of sp³-hybridized carbons (Fsp3) is 0.800. The van der Waals surface area contributed by atoms with Crippen LogP contribution in [0, 0.1) is 11.8 Å². The van der Waals surface area contributed by atoms with Gasteiger partial charge in [0.05, 0.1) is 13.2 Å². The van der Waals surface area contributed by atoms with Crippen molar-refractivity contribution in [2.45, 2.75) is 44.8 Å². The predicted octanol–water partition coefficient (Wildman–Crippen LogP) is 2.25. The summed E-state index contributed by atoms with van der Waals surface area (Å²) in [5.41, 5.74) is 0. The van der Waals surface area contributed by atoms with Gasteiger partial charge in [-0.3, -0.25) is 4.79 Å². The summed E-state index contributed by atoms with van der Waals surface area (Å²) in [6.07, 6.45) is 6.59. The van der Waals surface area contributed by atoms with Crippen LogP contribution < -0.4 is 5.32 Å². The van der Waals surface area contributed by atoms with Crippen LogP contribution in [-0.2, 0) is 14.3 Å². The molecular formula is C15H25NO3. The zero-order valence-corrected chi connectivity index (χ0v) is 11.8. The van der Waals surface area contributed by atoms with Gasteiger partial charge in [0.2, 0.25) is 5.91 Å². The van der Waals surface area contributed by atoms with Crippen molar-refractivity contribution in [3.8, 4) is 0 Å². The number of nitrogens with one attached hydrogen (secondary N) is 1. The summed E-state index contributed by atoms with van der Waals surface area (Å²) >= 11 is 0. The van der Waals surface area contributed by atoms with Crippen molar-refractivity contribution in [3.05, 3.63) is 12.7 Å². The topological polar surface area (TPSA) is 47.6 Å². The first-order valence-corrected chi connectivity index (χ1v) is 7.33. The smallest absolute Gasteiger partial charge is 0.220 e. The Hall–Kier alpha value is -0.870. The van der Waals surface area contributed by atoms with E-state index in [0.29, 0.717) is 32.1 Å². The molecule has 108 valence electrons. The van der Waals surface area contributed by atoms with Gasteiger partial charge in [0.25, 0.3) is 0 Å². The summed E-state index contributed by atoms with van der Waals surface area (Å²) in [6, 6.07) is 0. The van der Waals surface area contributed by atoms with E-state index in [1.807, 2.05) is 13.0 Å². The number of hydrogen-bond acceptors (Lipinski definition) is 3. The molecule has 1 saturated heterocycles. The highest BCUT2D eigenvalue weighted by molar-refractivity contribution is 5.76. The van der Waals surface area contributed by atoms with Gasteiger partial charge < -0.3 is 14.8 Å². The van der Waals surface area contributed by atoms with Gasteiger partial charge in [-0.15, -0.1) is 6.58 Å². The molecule has 2 fully saturated rings. The van der Waals surface area contributed by atoms with Crippen molar-refractivity contribution < 1.29 is 14.3 Å². The molecule has 1 N–H and O–H groups in total. The molecule has 0 aromatic rings. The molecule has 4 nitrogen and oxygen atoms in total. The third-order valence-corrected chi connectivity index (χ3v) is 4.18. The Balaban J connectivity index is 1.85. The lowest BCUT2D eigenvalue weighted by Crippen LogP contribution is -2.44. The standard InChI is InChI=1S/C15H25NO3/c1-3-12(2)11-16-14(17)10-13-6-4-5-7-15(13)18-8-9-19-15/h3,12-13H,1,4-11H2,2H3,(H,16,17). The van der Waals surface area contributed by atoms with Gasteiger partial charge in [-0.1, -0.05) is 19.4 Å². The number of amides is 1. The maximum atomic E-state index is 12.0. The van der Waals surface area contributed by atoms with Crippen molar-refractivity contribution in [1.29, 1.82) is 0 Å². The van der Waals surface area contributed by atoms with Crippen LogP contribution in [0.3, 0.4) is 0 Å². The molecular weight excluding hydrogens is 242 g/mol. The lowest BCUT2D eigenvalue weighted by molar-refractivity contribution is -0.213. The van der Waals surface area contributed by atoms with Crippen LogP contribution in [0.15, 0.2) is 12.7 Å². The first kappa shape index (κ1) is 14.5. The summed E-state index contributed by atoms with van der Waals surface area (Å²) in [5.74, 6) is 0.129. The molecule has 2 atom stereocenters. The third-order valence-electron chi connectivity index (χ3n) is 4.18. The van der Waals surface area contributed by atoms with E-state index in [1.54, 1.807) is 0 Å². The molecule has 0 aromatic carbocycles. The Morgan fingerprint density at radius 1 is 1.47 bits per heavy atom. The Kier molecular flexibility index (Phi) is 4.99. The van der Waals surface area contributed by atoms with Gasteiger partial charge in [0.1, 0.15) is 0 Å². The second-order valence-electron chi connectivity index (χ2n) is 5.67. The van der Waals surface area contributed by atoms with E-state index in [-0.39, 0.29) is 11.8 Å². The molecule has 2 rings (SSSR count). The predicted molar refractivity (Wildman–Crippen MR) is 73.6 cm³/mol. The SMILES string of the molecule is C=CC(C)CNC(=O)CC1CCCCC12OCCO2. The fourth-order valence-corrected chi connectivity index (χ4v) is 2.95. The Bertz CT molecular complexity index is 323. The minimum absolute atomic E-state index is 0.0964. The van der Waals surface area contributed by atoms with E-state index < -0.39 is 5.79 Å². The highest BCUT2D eigenvalue weighted by Crippen LogP contribution is 2.42. The zero-order chi connectivity index (χ0) is 13.7. The van der Waals surface area contributed by atoms with E-state index in [9.17, 15) is 4.79 Å². The van der Waals surface area contributed by atoms with E-state index in [0.717, 1.165) is 25.7 Å². The van der Waals surface area contributed by atoms with E-state index >= 15 is 0 Å². The number of carbonyl (C=O) groups is 1. The van der Waals surface area contributed by atoms with Gasteiger partial charge in [-0.25, -0.2) is 0 Å². The molecule has 1 aliphatic heterocycles. The minimum Gasteiger partial charge on any atom is -0.356 e. The van der Waals surface area contributed by atoms with Crippen molar-refractivity contribution in [1.82, 2.24) is 5.32 Å². The monoisotopic (exact) mass is 267 g/mol. The number of carbonyl (C=O) groups excluding carboxylic acids is 1. The maximum absolute atomic E-state index is 12.0. The van der Waals surface area contributed by atoms with E-state index in [1.165, 1.54) is 0 Å². The molecule has 2 aliphatic rings. The van der Waals surface area contributed by atoms with E-state index in [2.05, 4.69) is 11.9 Å². The Morgan fingerprint density at radius 3 is 2.89 bits per heavy atom. The summed E-state index contributed by atoms with van der Waals surface area (Å²) < 4.78 is 11.6. The lowest BCUT2D eigenvalue weighted by Gasteiger charge is -2.39. The van der Waals surface area contributed by atoms with Crippen LogP contribution in [0.2, 0.25) is 0 Å². The van der Waals surface area contributed by atoms with Crippen LogP contribution >= 0.6 is 0 Å². The van der Waals surface area contributed by atoms with Crippen molar-refractivity contribution in [2.75, 3.05) is 19.8 Å². The van der Waals surface area contributed by atoms with Crippen molar-refractivity contribution >= 4 is 5.91 Å². The maximum Gasteiger partial charge on any atom is 0.220 e. The molecule has 1 spiro atoms. The summed E-state index contributed by atoms with van der Waals surface area (Å²) in [6.45, 7) is 7.73. The zero-order valence-electron chi connectivity index (χ0n) is 11.8. The second-order valence-corrected chi connectivity index (χ2v) is 5.67. The Morgan fingerprint density at radius 2 is 2.21 bits per heavy atom. The van der Waals surface area contributed by atoms with Crippen molar-refractivity contribution in [3.63, 3.8) is 0 Å².